The summed E-state index contributed by atoms with van der Waals surface area (Å²) < 4.78 is 41.0. The number of carbonyl (C=O) groups excluding carboxylic acids is 2. The number of rotatable bonds is 17. The Hall–Kier alpha value is -3.23. The van der Waals surface area contributed by atoms with Crippen molar-refractivity contribution in [2.45, 2.75) is 139 Å². The molecule has 1 aromatic carbocycles. The van der Waals surface area contributed by atoms with Crippen molar-refractivity contribution in [2.75, 3.05) is 19.8 Å². The van der Waals surface area contributed by atoms with E-state index in [4.69, 9.17) is 9.47 Å². The van der Waals surface area contributed by atoms with Crippen LogP contribution >= 0.6 is 0 Å². The Bertz CT molecular complexity index is 1720. The van der Waals surface area contributed by atoms with Crippen LogP contribution in [0.2, 0.25) is 0 Å². The highest BCUT2D eigenvalue weighted by molar-refractivity contribution is 7.91. The number of amides is 1. The lowest BCUT2D eigenvalue weighted by molar-refractivity contribution is -0.832. The number of sulfone groups is 1. The van der Waals surface area contributed by atoms with Crippen LogP contribution in [0.5, 0.6) is 5.88 Å². The van der Waals surface area contributed by atoms with Crippen molar-refractivity contribution < 1.29 is 47.2 Å². The van der Waals surface area contributed by atoms with Crippen LogP contribution in [-0.4, -0.2) is 67.6 Å². The highest BCUT2D eigenvalue weighted by Crippen LogP contribution is 2.68. The van der Waals surface area contributed by atoms with Gasteiger partial charge in [0.15, 0.2) is 0 Å². The number of nitrogens with one attached hydrogen (secondary N) is 1. The van der Waals surface area contributed by atoms with Crippen molar-refractivity contribution in [1.82, 2.24) is 10.5 Å². The number of hydrogen-bond acceptors (Lipinski definition) is 11. The van der Waals surface area contributed by atoms with Crippen LogP contribution < -0.4 is 15.0 Å². The molecule has 306 valence electrons. The van der Waals surface area contributed by atoms with Gasteiger partial charge in [0.2, 0.25) is 5.91 Å². The van der Waals surface area contributed by atoms with Gasteiger partial charge >= 0.3 is 16.9 Å². The van der Waals surface area contributed by atoms with E-state index in [1.54, 1.807) is 18.2 Å². The van der Waals surface area contributed by atoms with Gasteiger partial charge in [-0.1, -0.05) is 39.0 Å². The third-order valence-corrected chi connectivity index (χ3v) is 16.0. The quantitative estimate of drug-likeness (QED) is 0.104. The normalized spacial score (nSPS) is 32.1. The number of fused-ring (bicyclic) bond motifs is 5. The summed E-state index contributed by atoms with van der Waals surface area (Å²) >= 11 is 0. The Kier molecular flexibility index (Phi) is 13.2. The van der Waals surface area contributed by atoms with Gasteiger partial charge in [-0.3, -0.25) is 14.2 Å². The second kappa shape index (κ2) is 17.5. The van der Waals surface area contributed by atoms with Gasteiger partial charge in [-0.25, -0.2) is 8.42 Å². The van der Waals surface area contributed by atoms with Crippen molar-refractivity contribution in [3.05, 3.63) is 35.5 Å². The molecule has 4 saturated carbocycles. The number of unbranched alkanes of at least 4 members (excludes halogenated alkanes) is 3. The topological polar surface area (TPSA) is 192 Å². The zero-order valence-electron chi connectivity index (χ0n) is 32.7. The number of aromatic nitrogens is 2. The van der Waals surface area contributed by atoms with Crippen LogP contribution in [0, 0.1) is 51.5 Å². The van der Waals surface area contributed by atoms with E-state index in [1.807, 2.05) is 0 Å². The molecule has 10 atom stereocenters. The third kappa shape index (κ3) is 8.86. The molecule has 4 aliphatic carbocycles. The summed E-state index contributed by atoms with van der Waals surface area (Å²) in [5.74, 6) is 1.89. The lowest BCUT2D eigenvalue weighted by Gasteiger charge is -2.62. The zero-order valence-corrected chi connectivity index (χ0v) is 33.5. The summed E-state index contributed by atoms with van der Waals surface area (Å²) in [6.45, 7) is 7.80. The lowest BCUT2D eigenvalue weighted by atomic mass is 9.43. The molecule has 1 unspecified atom stereocenters. The van der Waals surface area contributed by atoms with Gasteiger partial charge in [0.05, 0.1) is 41.9 Å². The molecule has 0 radical (unpaired) electrons. The van der Waals surface area contributed by atoms with Crippen molar-refractivity contribution >= 4 is 21.7 Å². The summed E-state index contributed by atoms with van der Waals surface area (Å²) in [7, 11) is -4.17. The lowest BCUT2D eigenvalue weighted by Crippen LogP contribution is -2.58. The number of ether oxygens (including phenoxy) is 2. The maximum Gasteiger partial charge on any atom is 0.414 e. The molecular weight excluding hydrogens is 727 g/mol. The van der Waals surface area contributed by atoms with E-state index in [0.29, 0.717) is 54.8 Å². The summed E-state index contributed by atoms with van der Waals surface area (Å²) in [6.07, 6.45) is 11.7. The van der Waals surface area contributed by atoms with E-state index >= 15 is 0 Å². The smallest absolute Gasteiger partial charge is 0.414 e. The van der Waals surface area contributed by atoms with Crippen LogP contribution in [0.15, 0.2) is 44.9 Å². The van der Waals surface area contributed by atoms with E-state index < -0.39 is 14.9 Å². The first-order chi connectivity index (χ1) is 26.3. The fourth-order valence-corrected chi connectivity index (χ4v) is 12.6. The molecule has 0 spiro atoms. The molecule has 0 aliphatic heterocycles. The summed E-state index contributed by atoms with van der Waals surface area (Å²) in [4.78, 5) is 24.8. The highest BCUT2D eigenvalue weighted by atomic mass is 32.2. The number of hydrogen-bond donors (Lipinski definition) is 3. The van der Waals surface area contributed by atoms with Gasteiger partial charge in [-0.05, 0) is 147 Å². The van der Waals surface area contributed by atoms with Gasteiger partial charge in [0, 0.05) is 13.0 Å². The maximum absolute atomic E-state index is 12.9. The molecule has 1 amide bonds. The molecule has 1 aromatic heterocycles. The third-order valence-electron chi connectivity index (χ3n) is 14.3. The first kappa shape index (κ1) is 41.4. The molecule has 2 aromatic rings. The molecule has 6 rings (SSSR count). The largest absolute Gasteiger partial charge is 0.466 e. The second-order valence-corrected chi connectivity index (χ2v) is 19.3. The van der Waals surface area contributed by atoms with Crippen LogP contribution in [0.25, 0.3) is 0 Å². The van der Waals surface area contributed by atoms with Crippen molar-refractivity contribution in [3.8, 4) is 5.88 Å². The minimum atomic E-state index is -4.17. The van der Waals surface area contributed by atoms with Crippen LogP contribution in [0.4, 0.5) is 0 Å². The second-order valence-electron chi connectivity index (χ2n) is 17.4. The Morgan fingerprint density at radius 1 is 0.982 bits per heavy atom. The van der Waals surface area contributed by atoms with E-state index in [9.17, 15) is 33.4 Å². The van der Waals surface area contributed by atoms with Gasteiger partial charge < -0.3 is 30.2 Å². The van der Waals surface area contributed by atoms with Gasteiger partial charge in [0.1, 0.15) is 0 Å². The number of aliphatic hydroxyl groups is 2. The van der Waals surface area contributed by atoms with Gasteiger partial charge in [-0.15, -0.1) is 0 Å². The fraction of sp³-hybridized carbons (Fsp3) is 0.756. The van der Waals surface area contributed by atoms with E-state index in [-0.39, 0.29) is 76.8 Å². The molecule has 4 aliphatic rings. The number of carbonyl (C=O) groups is 2. The zero-order chi connectivity index (χ0) is 39.4. The van der Waals surface area contributed by atoms with E-state index in [2.05, 4.69) is 35.9 Å². The van der Waals surface area contributed by atoms with Crippen LogP contribution in [-0.2, 0) is 24.2 Å². The minimum Gasteiger partial charge on any atom is -0.466 e. The highest BCUT2D eigenvalue weighted by Gasteiger charge is 2.62. The average molecular weight is 788 g/mol. The molecular formula is C41H61N3O10S. The van der Waals surface area contributed by atoms with Gasteiger partial charge in [-0.2, -0.15) is 0 Å². The number of esters is 1. The molecule has 3 N–H and O–H groups in total. The first-order valence-electron chi connectivity index (χ1n) is 20.6. The SMILES string of the molecule is C[C@H](CCC(=O)NCCC(=O)OCCCCCCOc1no[n+]([O-])c1S(=O)(=O)c1ccccc1)[C@H]1CC[C@H]2C3[C@@H](O)C[C@@H]4C[C@H](O)CC[C@]4(C)[C@H]3CC[C@]12C. The maximum atomic E-state index is 12.9. The average Bonchev–Trinajstić information content (AvgIpc) is 3.72. The molecule has 13 nitrogen and oxygen atoms in total. The Morgan fingerprint density at radius 3 is 2.45 bits per heavy atom. The van der Waals surface area contributed by atoms with Crippen LogP contribution in [0.1, 0.15) is 117 Å². The van der Waals surface area contributed by atoms with Crippen LogP contribution in [0.3, 0.4) is 0 Å². The summed E-state index contributed by atoms with van der Waals surface area (Å²) in [6, 6.07) is 7.50. The first-order valence-corrected chi connectivity index (χ1v) is 22.0. The van der Waals surface area contributed by atoms with Crippen molar-refractivity contribution in [1.29, 1.82) is 0 Å². The molecule has 4 fully saturated rings. The molecule has 0 saturated heterocycles. The Labute approximate surface area is 325 Å². The monoisotopic (exact) mass is 787 g/mol. The van der Waals surface area contributed by atoms with E-state index in [1.165, 1.54) is 18.6 Å². The molecule has 1 heterocycles. The number of aliphatic hydroxyl groups excluding tert-OH is 2. The Balaban J connectivity index is 0.831. The molecule has 14 heteroatoms. The predicted molar refractivity (Wildman–Crippen MR) is 201 cm³/mol. The van der Waals surface area contributed by atoms with E-state index in [0.717, 1.165) is 64.2 Å². The summed E-state index contributed by atoms with van der Waals surface area (Å²) in [5, 5.41) is 39.6. The predicted octanol–water partition coefficient (Wildman–Crippen LogP) is 5.54. The Morgan fingerprint density at radius 2 is 1.69 bits per heavy atom. The van der Waals surface area contributed by atoms with Crippen molar-refractivity contribution in [2.24, 2.45) is 46.3 Å². The standard InChI is InChI=1S/C41H61N3O10S/c1-27(31-14-15-32-37-33(18-21-41(31,32)3)40(2)20-17-29(45)25-28(40)26-34(37)46)13-16-35(47)42-22-19-36(48)52-23-9-4-5-10-24-53-38-39(44(49)54-43-38)55(50,51)30-11-7-6-8-12-30/h6-8,11-12,27-29,31-34,37,45-46H,4-5,9-10,13-26H2,1-3H3,(H,42,47)/t27-,28+,29-,31-,32+,33+,34+,37?,40+,41-/m1/s1. The number of nitrogens with zero attached hydrogens (tertiary/aromatic N) is 2. The summed E-state index contributed by atoms with van der Waals surface area (Å²) in [5.41, 5.74) is 0.386. The number of benzene rings is 1. The minimum absolute atomic E-state index is 0.0492. The molecule has 0 bridgehead atoms. The molecule has 55 heavy (non-hydrogen) atoms. The van der Waals surface area contributed by atoms with Gasteiger partial charge in [0.25, 0.3) is 9.84 Å². The van der Waals surface area contributed by atoms with Crippen molar-refractivity contribution in [3.63, 3.8) is 0 Å². The fourth-order valence-electron chi connectivity index (χ4n) is 11.4.